The summed E-state index contributed by atoms with van der Waals surface area (Å²) in [6, 6.07) is 7.72. The molecular weight excluding hydrogens is 448 g/mol. The van der Waals surface area contributed by atoms with Gasteiger partial charge in [-0.25, -0.2) is 4.79 Å². The summed E-state index contributed by atoms with van der Waals surface area (Å²) in [5.41, 5.74) is -0.174. The van der Waals surface area contributed by atoms with Gasteiger partial charge in [0.15, 0.2) is 0 Å². The molecule has 1 unspecified atom stereocenters. The van der Waals surface area contributed by atoms with Crippen LogP contribution in [0.2, 0.25) is 0 Å². The highest BCUT2D eigenvalue weighted by molar-refractivity contribution is 9.10. The van der Waals surface area contributed by atoms with Gasteiger partial charge in [0.25, 0.3) is 0 Å². The maximum absolute atomic E-state index is 13.6. The number of piperazine rings is 1. The minimum atomic E-state index is -1.02. The van der Waals surface area contributed by atoms with Gasteiger partial charge in [-0.3, -0.25) is 4.79 Å². The van der Waals surface area contributed by atoms with Crippen LogP contribution in [-0.2, 0) is 9.53 Å². The molecule has 1 aliphatic heterocycles. The van der Waals surface area contributed by atoms with Gasteiger partial charge >= 0.3 is 6.09 Å². The highest BCUT2D eigenvalue weighted by Gasteiger charge is 2.45. The number of ether oxygens (including phenoxy) is 1. The average Bonchev–Trinajstić information content (AvgIpc) is 2.74. The summed E-state index contributed by atoms with van der Waals surface area (Å²) < 4.78 is 6.20. The summed E-state index contributed by atoms with van der Waals surface area (Å²) in [4.78, 5) is 29.3. The van der Waals surface area contributed by atoms with E-state index in [1.807, 2.05) is 24.3 Å². The van der Waals surface area contributed by atoms with E-state index >= 15 is 0 Å². The zero-order valence-corrected chi connectivity index (χ0v) is 19.4. The number of hydrogen-bond acceptors (Lipinski definition) is 4. The molecule has 0 spiro atoms. The molecule has 2 fully saturated rings. The molecule has 1 atom stereocenters. The average molecular weight is 481 g/mol. The summed E-state index contributed by atoms with van der Waals surface area (Å²) in [5.74, 6) is -0.630. The molecule has 1 aromatic rings. The number of rotatable bonds is 6. The maximum Gasteiger partial charge on any atom is 0.409 e. The van der Waals surface area contributed by atoms with E-state index in [1.54, 1.807) is 9.80 Å². The molecule has 6 nitrogen and oxygen atoms in total. The molecule has 2 aliphatic rings. The van der Waals surface area contributed by atoms with E-state index in [0.29, 0.717) is 45.6 Å². The van der Waals surface area contributed by atoms with Crippen LogP contribution >= 0.6 is 15.9 Å². The molecule has 1 aromatic carbocycles. The monoisotopic (exact) mass is 480 g/mol. The van der Waals surface area contributed by atoms with Gasteiger partial charge in [0.1, 0.15) is 0 Å². The second kappa shape index (κ2) is 10.6. The molecule has 1 N–H and O–H groups in total. The van der Waals surface area contributed by atoms with E-state index in [9.17, 15) is 14.7 Å². The molecule has 1 aliphatic carbocycles. The number of carbonyl (C=O) groups is 2. The van der Waals surface area contributed by atoms with E-state index in [-0.39, 0.29) is 12.0 Å². The van der Waals surface area contributed by atoms with Crippen LogP contribution in [0.15, 0.2) is 28.7 Å². The van der Waals surface area contributed by atoms with E-state index < -0.39 is 11.5 Å². The molecule has 0 radical (unpaired) electrons. The Labute approximate surface area is 187 Å². The number of hydrogen-bond donors (Lipinski definition) is 1. The van der Waals surface area contributed by atoms with E-state index in [2.05, 4.69) is 22.9 Å². The SMILES string of the molecule is CCCCOC(=O)N1CCN(C(=O)C(c2cccc(Br)c2)C2(O)CCCCC2)CC1. The Morgan fingerprint density at radius 2 is 1.80 bits per heavy atom. The van der Waals surface area contributed by atoms with Crippen molar-refractivity contribution in [1.29, 1.82) is 0 Å². The molecule has 0 bridgehead atoms. The van der Waals surface area contributed by atoms with Crippen LogP contribution < -0.4 is 0 Å². The van der Waals surface area contributed by atoms with Crippen LogP contribution in [0.3, 0.4) is 0 Å². The standard InChI is InChI=1S/C23H33BrN2O4/c1-2-3-16-30-22(28)26-14-12-25(13-15-26)21(27)20(18-8-7-9-19(24)17-18)23(29)10-5-4-6-11-23/h7-9,17,20,29H,2-6,10-16H2,1H3. The van der Waals surface area contributed by atoms with Crippen molar-refractivity contribution in [3.63, 3.8) is 0 Å². The highest BCUT2D eigenvalue weighted by atomic mass is 79.9. The summed E-state index contributed by atoms with van der Waals surface area (Å²) >= 11 is 3.50. The van der Waals surface area contributed by atoms with Crippen molar-refractivity contribution in [2.75, 3.05) is 32.8 Å². The molecule has 30 heavy (non-hydrogen) atoms. The normalized spacial score (nSPS) is 20.0. The molecule has 1 saturated heterocycles. The Balaban J connectivity index is 1.70. The summed E-state index contributed by atoms with van der Waals surface area (Å²) in [7, 11) is 0. The van der Waals surface area contributed by atoms with Gasteiger partial charge < -0.3 is 19.6 Å². The van der Waals surface area contributed by atoms with Gasteiger partial charge in [-0.2, -0.15) is 0 Å². The van der Waals surface area contributed by atoms with Gasteiger partial charge in [0, 0.05) is 30.7 Å². The number of halogens is 1. The third-order valence-electron chi connectivity index (χ3n) is 6.26. The Bertz CT molecular complexity index is 728. The predicted molar refractivity (Wildman–Crippen MR) is 119 cm³/mol. The van der Waals surface area contributed by atoms with Crippen LogP contribution in [0.4, 0.5) is 4.79 Å². The molecule has 0 aromatic heterocycles. The lowest BCUT2D eigenvalue weighted by atomic mass is 9.72. The topological polar surface area (TPSA) is 70.1 Å². The lowest BCUT2D eigenvalue weighted by molar-refractivity contribution is -0.143. The fraction of sp³-hybridized carbons (Fsp3) is 0.652. The van der Waals surface area contributed by atoms with Crippen molar-refractivity contribution in [3.8, 4) is 0 Å². The van der Waals surface area contributed by atoms with E-state index in [1.165, 1.54) is 0 Å². The van der Waals surface area contributed by atoms with E-state index in [0.717, 1.165) is 42.1 Å². The zero-order chi connectivity index (χ0) is 21.6. The van der Waals surface area contributed by atoms with Crippen molar-refractivity contribution < 1.29 is 19.4 Å². The minimum absolute atomic E-state index is 0.0449. The highest BCUT2D eigenvalue weighted by Crippen LogP contribution is 2.41. The second-order valence-corrected chi connectivity index (χ2v) is 9.35. The fourth-order valence-corrected chi connectivity index (χ4v) is 4.93. The third kappa shape index (κ3) is 5.55. The molecule has 2 amide bonds. The predicted octanol–water partition coefficient (Wildman–Crippen LogP) is 4.31. The summed E-state index contributed by atoms with van der Waals surface area (Å²) in [6.45, 7) is 4.33. The maximum atomic E-state index is 13.6. The van der Waals surface area contributed by atoms with Crippen LogP contribution in [0.1, 0.15) is 63.4 Å². The van der Waals surface area contributed by atoms with Crippen molar-refractivity contribution in [1.82, 2.24) is 9.80 Å². The van der Waals surface area contributed by atoms with Crippen molar-refractivity contribution in [2.45, 2.75) is 63.4 Å². The van der Waals surface area contributed by atoms with E-state index in [4.69, 9.17) is 4.74 Å². The Morgan fingerprint density at radius 3 is 2.43 bits per heavy atom. The Morgan fingerprint density at radius 1 is 1.13 bits per heavy atom. The van der Waals surface area contributed by atoms with Crippen molar-refractivity contribution in [2.24, 2.45) is 0 Å². The zero-order valence-electron chi connectivity index (χ0n) is 17.8. The first-order valence-corrected chi connectivity index (χ1v) is 11.9. The summed E-state index contributed by atoms with van der Waals surface area (Å²) in [6.07, 6.45) is 5.79. The van der Waals surface area contributed by atoms with Crippen molar-refractivity contribution in [3.05, 3.63) is 34.3 Å². The molecule has 1 heterocycles. The first kappa shape index (κ1) is 23.1. The minimum Gasteiger partial charge on any atom is -0.449 e. The number of amides is 2. The number of benzene rings is 1. The lowest BCUT2D eigenvalue weighted by Crippen LogP contribution is -2.55. The van der Waals surface area contributed by atoms with Crippen LogP contribution in [0, 0.1) is 0 Å². The largest absolute Gasteiger partial charge is 0.449 e. The first-order chi connectivity index (χ1) is 14.4. The smallest absolute Gasteiger partial charge is 0.409 e. The summed E-state index contributed by atoms with van der Waals surface area (Å²) in [5, 5.41) is 11.5. The van der Waals surface area contributed by atoms with Crippen LogP contribution in [0.5, 0.6) is 0 Å². The molecular formula is C23H33BrN2O4. The lowest BCUT2D eigenvalue weighted by Gasteiger charge is -2.42. The van der Waals surface area contributed by atoms with Gasteiger partial charge in [0.2, 0.25) is 5.91 Å². The fourth-order valence-electron chi connectivity index (χ4n) is 4.51. The third-order valence-corrected chi connectivity index (χ3v) is 6.75. The van der Waals surface area contributed by atoms with Crippen molar-refractivity contribution >= 4 is 27.9 Å². The number of aliphatic hydroxyl groups is 1. The van der Waals surface area contributed by atoms with Gasteiger partial charge in [-0.05, 0) is 37.0 Å². The van der Waals surface area contributed by atoms with Crippen LogP contribution in [0.25, 0.3) is 0 Å². The molecule has 1 saturated carbocycles. The molecule has 7 heteroatoms. The second-order valence-electron chi connectivity index (χ2n) is 8.43. The van der Waals surface area contributed by atoms with Crippen LogP contribution in [-0.4, -0.2) is 65.3 Å². The van der Waals surface area contributed by atoms with Gasteiger partial charge in [0.05, 0.1) is 18.1 Å². The Hall–Kier alpha value is -1.60. The van der Waals surface area contributed by atoms with Gasteiger partial charge in [-0.15, -0.1) is 0 Å². The number of nitrogens with zero attached hydrogens (tertiary/aromatic N) is 2. The van der Waals surface area contributed by atoms with Gasteiger partial charge in [-0.1, -0.05) is 60.7 Å². The quantitative estimate of drug-likeness (QED) is 0.615. The molecule has 3 rings (SSSR count). The Kier molecular flexibility index (Phi) is 8.17. The first-order valence-electron chi connectivity index (χ1n) is 11.1. The molecule has 166 valence electrons. The number of unbranched alkanes of at least 4 members (excludes halogenated alkanes) is 1. The number of carbonyl (C=O) groups excluding carboxylic acids is 2.